The Labute approximate surface area is 115 Å². The van der Waals surface area contributed by atoms with Crippen molar-refractivity contribution in [2.75, 3.05) is 20.2 Å². The molecule has 1 aromatic carbocycles. The molecule has 0 aromatic heterocycles. The van der Waals surface area contributed by atoms with Crippen LogP contribution in [0, 0.1) is 0 Å². The fourth-order valence-electron chi connectivity index (χ4n) is 1.93. The molecule has 1 saturated heterocycles. The molecule has 0 unspecified atom stereocenters. The molecule has 1 fully saturated rings. The van der Waals surface area contributed by atoms with E-state index in [9.17, 15) is 8.42 Å². The van der Waals surface area contributed by atoms with E-state index in [-0.39, 0.29) is 10.9 Å². The number of sulfonamides is 1. The number of hydrogen-bond acceptors (Lipinski definition) is 4. The second-order valence-corrected chi connectivity index (χ2v) is 6.97. The van der Waals surface area contributed by atoms with Crippen molar-refractivity contribution in [3.63, 3.8) is 0 Å². The van der Waals surface area contributed by atoms with Crippen molar-refractivity contribution < 1.29 is 13.2 Å². The Balaban J connectivity index is 2.36. The first-order chi connectivity index (χ1) is 8.45. The number of rotatable bonds is 3. The lowest BCUT2D eigenvalue weighted by atomic mass is 10.3. The number of halogens is 1. The number of nitrogens with two attached hydrogens (primary N) is 1. The Morgan fingerprint density at radius 1 is 1.50 bits per heavy atom. The van der Waals surface area contributed by atoms with Gasteiger partial charge in [-0.2, -0.15) is 4.31 Å². The highest BCUT2D eigenvalue weighted by molar-refractivity contribution is 9.10. The van der Waals surface area contributed by atoms with E-state index < -0.39 is 10.0 Å². The van der Waals surface area contributed by atoms with Crippen LogP contribution >= 0.6 is 15.9 Å². The third kappa shape index (κ3) is 2.54. The largest absolute Gasteiger partial charge is 0.497 e. The van der Waals surface area contributed by atoms with Crippen LogP contribution in [-0.2, 0) is 10.0 Å². The molecule has 7 heteroatoms. The summed E-state index contributed by atoms with van der Waals surface area (Å²) in [4.78, 5) is 0.248. The molecule has 18 heavy (non-hydrogen) atoms. The van der Waals surface area contributed by atoms with Crippen LogP contribution in [0.2, 0.25) is 0 Å². The van der Waals surface area contributed by atoms with E-state index in [0.29, 0.717) is 29.7 Å². The number of benzene rings is 1. The minimum Gasteiger partial charge on any atom is -0.497 e. The molecule has 2 rings (SSSR count). The first kappa shape index (κ1) is 13.8. The van der Waals surface area contributed by atoms with E-state index in [0.717, 1.165) is 0 Å². The van der Waals surface area contributed by atoms with Gasteiger partial charge in [-0.25, -0.2) is 8.42 Å². The van der Waals surface area contributed by atoms with E-state index >= 15 is 0 Å². The molecule has 0 aliphatic carbocycles. The number of ether oxygens (including phenoxy) is 1. The summed E-state index contributed by atoms with van der Waals surface area (Å²) in [5, 5.41) is 0. The number of hydrogen-bond donors (Lipinski definition) is 1. The number of methoxy groups -OCH3 is 1. The number of nitrogens with zero attached hydrogens (tertiary/aromatic N) is 1. The van der Waals surface area contributed by atoms with Crippen LogP contribution in [0.5, 0.6) is 5.75 Å². The summed E-state index contributed by atoms with van der Waals surface area (Å²) < 4.78 is 31.8. The summed E-state index contributed by atoms with van der Waals surface area (Å²) >= 11 is 3.27. The molecule has 1 aromatic rings. The molecule has 100 valence electrons. The van der Waals surface area contributed by atoms with Crippen LogP contribution in [0.15, 0.2) is 27.6 Å². The van der Waals surface area contributed by atoms with Gasteiger partial charge < -0.3 is 10.5 Å². The van der Waals surface area contributed by atoms with Gasteiger partial charge in [0.2, 0.25) is 10.0 Å². The Hall–Kier alpha value is -0.630. The summed E-state index contributed by atoms with van der Waals surface area (Å²) in [5.41, 5.74) is 5.75. The maximum atomic E-state index is 12.4. The third-order valence-corrected chi connectivity index (χ3v) is 5.79. The Kier molecular flexibility index (Phi) is 3.96. The molecule has 0 amide bonds. The van der Waals surface area contributed by atoms with Crippen LogP contribution < -0.4 is 10.5 Å². The van der Waals surface area contributed by atoms with Crippen LogP contribution in [0.3, 0.4) is 0 Å². The van der Waals surface area contributed by atoms with Gasteiger partial charge in [-0.1, -0.05) is 0 Å². The molecule has 0 radical (unpaired) electrons. The highest BCUT2D eigenvalue weighted by Gasteiger charge is 2.32. The third-order valence-electron chi connectivity index (χ3n) is 2.94. The quantitative estimate of drug-likeness (QED) is 0.900. The fraction of sp³-hybridized carbons (Fsp3) is 0.455. The standard InChI is InChI=1S/C11H15BrN2O3S/c1-17-9-2-3-11(10(12)6-9)18(15,16)14-5-4-8(13)7-14/h2-3,6,8H,4-5,7,13H2,1H3/t8-/m1/s1. The zero-order valence-electron chi connectivity index (χ0n) is 9.97. The van der Waals surface area contributed by atoms with Crippen LogP contribution in [-0.4, -0.2) is 39.0 Å². The van der Waals surface area contributed by atoms with Crippen molar-refractivity contribution in [1.82, 2.24) is 4.31 Å². The molecule has 1 aliphatic heterocycles. The van der Waals surface area contributed by atoms with Gasteiger partial charge in [-0.3, -0.25) is 0 Å². The van der Waals surface area contributed by atoms with Crippen LogP contribution in [0.1, 0.15) is 6.42 Å². The Bertz CT molecular complexity index is 547. The van der Waals surface area contributed by atoms with Gasteiger partial charge >= 0.3 is 0 Å². The molecule has 0 saturated carbocycles. The summed E-state index contributed by atoms with van der Waals surface area (Å²) in [5.74, 6) is 0.610. The minimum atomic E-state index is -3.48. The van der Waals surface area contributed by atoms with E-state index in [2.05, 4.69) is 15.9 Å². The molecule has 1 atom stereocenters. The van der Waals surface area contributed by atoms with Gasteiger partial charge in [0.1, 0.15) is 5.75 Å². The van der Waals surface area contributed by atoms with Gasteiger partial charge in [0.25, 0.3) is 0 Å². The summed E-state index contributed by atoms with van der Waals surface area (Å²) in [7, 11) is -1.94. The smallest absolute Gasteiger partial charge is 0.244 e. The SMILES string of the molecule is COc1ccc(S(=O)(=O)N2CC[C@@H](N)C2)c(Br)c1. The lowest BCUT2D eigenvalue weighted by molar-refractivity contribution is 0.414. The first-order valence-corrected chi connectivity index (χ1v) is 7.77. The minimum absolute atomic E-state index is 0.0724. The maximum absolute atomic E-state index is 12.4. The van der Waals surface area contributed by atoms with Crippen molar-refractivity contribution in [2.24, 2.45) is 5.73 Å². The van der Waals surface area contributed by atoms with Crippen LogP contribution in [0.25, 0.3) is 0 Å². The molecule has 1 heterocycles. The normalized spacial score (nSPS) is 21.2. The fourth-order valence-corrected chi connectivity index (χ4v) is 4.46. The highest BCUT2D eigenvalue weighted by atomic mass is 79.9. The molecule has 0 bridgehead atoms. The second kappa shape index (κ2) is 5.16. The van der Waals surface area contributed by atoms with E-state index in [1.54, 1.807) is 18.2 Å². The van der Waals surface area contributed by atoms with Crippen molar-refractivity contribution in [3.05, 3.63) is 22.7 Å². The zero-order valence-corrected chi connectivity index (χ0v) is 12.4. The lowest BCUT2D eigenvalue weighted by Crippen LogP contribution is -2.32. The Morgan fingerprint density at radius 2 is 2.22 bits per heavy atom. The van der Waals surface area contributed by atoms with E-state index in [4.69, 9.17) is 10.5 Å². The lowest BCUT2D eigenvalue weighted by Gasteiger charge is -2.17. The van der Waals surface area contributed by atoms with Crippen LogP contribution in [0.4, 0.5) is 0 Å². The zero-order chi connectivity index (χ0) is 13.3. The van der Waals surface area contributed by atoms with E-state index in [1.807, 2.05) is 0 Å². The van der Waals surface area contributed by atoms with Crippen molar-refractivity contribution in [3.8, 4) is 5.75 Å². The molecule has 1 aliphatic rings. The summed E-state index contributed by atoms with van der Waals surface area (Å²) in [6.07, 6.45) is 0.701. The topological polar surface area (TPSA) is 72.6 Å². The van der Waals surface area contributed by atoms with Gasteiger partial charge in [0.05, 0.1) is 12.0 Å². The summed E-state index contributed by atoms with van der Waals surface area (Å²) in [6.45, 7) is 0.850. The van der Waals surface area contributed by atoms with Crippen molar-refractivity contribution >= 4 is 26.0 Å². The highest BCUT2D eigenvalue weighted by Crippen LogP contribution is 2.30. The van der Waals surface area contributed by atoms with Crippen molar-refractivity contribution in [2.45, 2.75) is 17.4 Å². The maximum Gasteiger partial charge on any atom is 0.244 e. The average molecular weight is 335 g/mol. The second-order valence-electron chi connectivity index (χ2n) is 4.21. The van der Waals surface area contributed by atoms with Gasteiger partial charge in [0.15, 0.2) is 0 Å². The average Bonchev–Trinajstić information content (AvgIpc) is 2.76. The molecular weight excluding hydrogens is 320 g/mol. The van der Waals surface area contributed by atoms with Gasteiger partial charge in [-0.05, 0) is 40.5 Å². The van der Waals surface area contributed by atoms with Crippen molar-refractivity contribution in [1.29, 1.82) is 0 Å². The van der Waals surface area contributed by atoms with Gasteiger partial charge in [0, 0.05) is 23.6 Å². The molecule has 2 N–H and O–H groups in total. The first-order valence-electron chi connectivity index (χ1n) is 5.54. The molecule has 5 nitrogen and oxygen atoms in total. The van der Waals surface area contributed by atoms with Gasteiger partial charge in [-0.15, -0.1) is 0 Å². The van der Waals surface area contributed by atoms with E-state index in [1.165, 1.54) is 11.4 Å². The molecular formula is C11H15BrN2O3S. The summed E-state index contributed by atoms with van der Waals surface area (Å²) in [6, 6.07) is 4.75. The monoisotopic (exact) mass is 334 g/mol. The Morgan fingerprint density at radius 3 is 2.72 bits per heavy atom. The predicted molar refractivity (Wildman–Crippen MR) is 72.0 cm³/mol. The molecule has 0 spiro atoms. The predicted octanol–water partition coefficient (Wildman–Crippen LogP) is 1.18.